The van der Waals surface area contributed by atoms with Crippen molar-refractivity contribution >= 4 is 61.7 Å². The Balaban J connectivity index is 1.31. The van der Waals surface area contributed by atoms with E-state index in [-0.39, 0.29) is 23.0 Å². The Bertz CT molecular complexity index is 1050. The summed E-state index contributed by atoms with van der Waals surface area (Å²) in [6.45, 7) is 1.87. The van der Waals surface area contributed by atoms with Gasteiger partial charge in [-0.15, -0.1) is 23.1 Å². The summed E-state index contributed by atoms with van der Waals surface area (Å²) in [5.41, 5.74) is 2.63. The molecule has 0 spiro atoms. The Labute approximate surface area is 191 Å². The number of nitrogens with zero attached hydrogens (tertiary/aromatic N) is 1. The van der Waals surface area contributed by atoms with E-state index in [1.54, 1.807) is 0 Å². The molecule has 1 atom stereocenters. The van der Waals surface area contributed by atoms with Gasteiger partial charge in [0.25, 0.3) is 0 Å². The summed E-state index contributed by atoms with van der Waals surface area (Å²) in [5.74, 6) is 0.176. The second-order valence-corrected chi connectivity index (χ2v) is 10.3. The minimum Gasteiger partial charge on any atom is -0.326 e. The van der Waals surface area contributed by atoms with Crippen molar-refractivity contribution in [3.05, 3.63) is 58.4 Å². The molecule has 0 aliphatic heterocycles. The van der Waals surface area contributed by atoms with Gasteiger partial charge in [-0.05, 0) is 56.2 Å². The molecule has 2 amide bonds. The van der Waals surface area contributed by atoms with Gasteiger partial charge in [-0.1, -0.05) is 28.1 Å². The highest BCUT2D eigenvalue weighted by Crippen LogP contribution is 2.31. The fraction of sp³-hybridized carbons (Fsp3) is 0.227. The standard InChI is InChI=1S/C22H20BrN3O2S2/c1-13(30-18-10-8-17(9-11-18)24-21(28)15-2-3-15)20(27)26-22-25-19(12-29-22)14-4-6-16(23)7-5-14/h4-13,15H,2-3H2,1H3,(H,24,28)(H,25,26,27). The van der Waals surface area contributed by atoms with Crippen LogP contribution in [0.2, 0.25) is 0 Å². The van der Waals surface area contributed by atoms with Crippen molar-refractivity contribution in [2.75, 3.05) is 10.6 Å². The number of rotatable bonds is 7. The van der Waals surface area contributed by atoms with Gasteiger partial charge in [-0.3, -0.25) is 9.59 Å². The predicted molar refractivity (Wildman–Crippen MR) is 127 cm³/mol. The SMILES string of the molecule is CC(Sc1ccc(NC(=O)C2CC2)cc1)C(=O)Nc1nc(-c2ccc(Br)cc2)cs1. The molecule has 1 aliphatic rings. The monoisotopic (exact) mass is 501 g/mol. The Kier molecular flexibility index (Phi) is 6.55. The van der Waals surface area contributed by atoms with E-state index in [2.05, 4.69) is 31.5 Å². The number of benzene rings is 2. The zero-order chi connectivity index (χ0) is 21.1. The smallest absolute Gasteiger partial charge is 0.239 e. The Hall–Kier alpha value is -2.16. The van der Waals surface area contributed by atoms with E-state index >= 15 is 0 Å². The molecule has 1 saturated carbocycles. The van der Waals surface area contributed by atoms with Crippen molar-refractivity contribution in [1.29, 1.82) is 0 Å². The summed E-state index contributed by atoms with van der Waals surface area (Å²) in [5, 5.41) is 8.07. The quantitative estimate of drug-likeness (QED) is 0.387. The fourth-order valence-corrected chi connectivity index (χ4v) is 4.61. The number of halogens is 1. The molecule has 2 aromatic carbocycles. The number of carbonyl (C=O) groups is 2. The number of nitrogens with one attached hydrogen (secondary N) is 2. The van der Waals surface area contributed by atoms with Crippen molar-refractivity contribution in [1.82, 2.24) is 4.98 Å². The molecule has 3 aromatic rings. The number of amides is 2. The van der Waals surface area contributed by atoms with E-state index in [0.29, 0.717) is 5.13 Å². The predicted octanol–water partition coefficient (Wildman–Crippen LogP) is 6.04. The molecule has 0 bridgehead atoms. The van der Waals surface area contributed by atoms with Crippen LogP contribution in [0.5, 0.6) is 0 Å². The van der Waals surface area contributed by atoms with E-state index in [9.17, 15) is 9.59 Å². The van der Waals surface area contributed by atoms with Crippen LogP contribution in [0.15, 0.2) is 63.3 Å². The van der Waals surface area contributed by atoms with Crippen molar-refractivity contribution in [2.24, 2.45) is 5.92 Å². The van der Waals surface area contributed by atoms with E-state index in [0.717, 1.165) is 39.2 Å². The first-order valence-electron chi connectivity index (χ1n) is 9.58. The van der Waals surface area contributed by atoms with Crippen LogP contribution < -0.4 is 10.6 Å². The van der Waals surface area contributed by atoms with Gasteiger partial charge >= 0.3 is 0 Å². The van der Waals surface area contributed by atoms with Crippen LogP contribution >= 0.6 is 39.0 Å². The highest BCUT2D eigenvalue weighted by molar-refractivity contribution is 9.10. The first-order chi connectivity index (χ1) is 14.5. The van der Waals surface area contributed by atoms with Crippen LogP contribution in [-0.2, 0) is 9.59 Å². The molecule has 8 heteroatoms. The Morgan fingerprint density at radius 2 is 1.80 bits per heavy atom. The molecular weight excluding hydrogens is 482 g/mol. The first-order valence-corrected chi connectivity index (χ1v) is 12.1. The maximum atomic E-state index is 12.6. The van der Waals surface area contributed by atoms with Crippen LogP contribution in [0.4, 0.5) is 10.8 Å². The lowest BCUT2D eigenvalue weighted by atomic mass is 10.2. The van der Waals surface area contributed by atoms with Crippen LogP contribution in [-0.4, -0.2) is 22.0 Å². The summed E-state index contributed by atoms with van der Waals surface area (Å²) < 4.78 is 1.01. The molecule has 4 rings (SSSR count). The van der Waals surface area contributed by atoms with Gasteiger partial charge in [0.1, 0.15) is 0 Å². The average molecular weight is 502 g/mol. The van der Waals surface area contributed by atoms with Crippen molar-refractivity contribution < 1.29 is 9.59 Å². The van der Waals surface area contributed by atoms with Gasteiger partial charge in [0.05, 0.1) is 10.9 Å². The van der Waals surface area contributed by atoms with Crippen molar-refractivity contribution in [2.45, 2.75) is 29.9 Å². The van der Waals surface area contributed by atoms with Crippen molar-refractivity contribution in [3.8, 4) is 11.3 Å². The molecule has 0 radical (unpaired) electrons. The lowest BCUT2D eigenvalue weighted by molar-refractivity contribution is -0.117. The highest BCUT2D eigenvalue weighted by atomic mass is 79.9. The molecule has 1 aromatic heterocycles. The zero-order valence-electron chi connectivity index (χ0n) is 16.2. The number of hydrogen-bond donors (Lipinski definition) is 2. The molecular formula is C22H20BrN3O2S2. The Morgan fingerprint density at radius 3 is 2.47 bits per heavy atom. The number of carbonyl (C=O) groups excluding carboxylic acids is 2. The summed E-state index contributed by atoms with van der Waals surface area (Å²) in [6, 6.07) is 15.5. The highest BCUT2D eigenvalue weighted by Gasteiger charge is 2.29. The topological polar surface area (TPSA) is 71.1 Å². The second-order valence-electron chi connectivity index (χ2n) is 7.08. The van der Waals surface area contributed by atoms with Gasteiger partial charge in [0.2, 0.25) is 11.8 Å². The van der Waals surface area contributed by atoms with E-state index in [1.807, 2.05) is 60.8 Å². The second kappa shape index (κ2) is 9.32. The molecule has 1 unspecified atom stereocenters. The lowest BCUT2D eigenvalue weighted by Gasteiger charge is -2.11. The maximum Gasteiger partial charge on any atom is 0.239 e. The molecule has 1 fully saturated rings. The van der Waals surface area contributed by atoms with Crippen molar-refractivity contribution in [3.63, 3.8) is 0 Å². The molecule has 2 N–H and O–H groups in total. The summed E-state index contributed by atoms with van der Waals surface area (Å²) in [6.07, 6.45) is 1.96. The van der Waals surface area contributed by atoms with Crippen LogP contribution in [0.25, 0.3) is 11.3 Å². The van der Waals surface area contributed by atoms with Crippen LogP contribution in [0, 0.1) is 5.92 Å². The summed E-state index contributed by atoms with van der Waals surface area (Å²) >= 11 is 6.31. The van der Waals surface area contributed by atoms with E-state index in [1.165, 1.54) is 23.1 Å². The van der Waals surface area contributed by atoms with Gasteiger partial charge in [-0.2, -0.15) is 0 Å². The van der Waals surface area contributed by atoms with Gasteiger partial charge in [-0.25, -0.2) is 4.98 Å². The maximum absolute atomic E-state index is 12.6. The number of anilines is 2. The number of thioether (sulfide) groups is 1. The van der Waals surface area contributed by atoms with Gasteiger partial charge in [0, 0.05) is 31.9 Å². The molecule has 154 valence electrons. The minimum atomic E-state index is -0.281. The number of aromatic nitrogens is 1. The van der Waals surface area contributed by atoms with Crippen LogP contribution in [0.3, 0.4) is 0 Å². The minimum absolute atomic E-state index is 0.0918. The third kappa shape index (κ3) is 5.50. The van der Waals surface area contributed by atoms with Gasteiger partial charge in [0.15, 0.2) is 5.13 Å². The number of thiazole rings is 1. The molecule has 1 aliphatic carbocycles. The largest absolute Gasteiger partial charge is 0.326 e. The Morgan fingerprint density at radius 1 is 1.10 bits per heavy atom. The molecule has 5 nitrogen and oxygen atoms in total. The normalized spacial score (nSPS) is 14.2. The van der Waals surface area contributed by atoms with E-state index in [4.69, 9.17) is 0 Å². The van der Waals surface area contributed by atoms with E-state index < -0.39 is 0 Å². The fourth-order valence-electron chi connectivity index (χ4n) is 2.76. The summed E-state index contributed by atoms with van der Waals surface area (Å²) in [7, 11) is 0. The molecule has 30 heavy (non-hydrogen) atoms. The third-order valence-electron chi connectivity index (χ3n) is 4.63. The molecule has 1 heterocycles. The molecule has 0 saturated heterocycles. The summed E-state index contributed by atoms with van der Waals surface area (Å²) in [4.78, 5) is 29.9. The van der Waals surface area contributed by atoms with Gasteiger partial charge < -0.3 is 10.6 Å². The zero-order valence-corrected chi connectivity index (χ0v) is 19.4. The lowest BCUT2D eigenvalue weighted by Crippen LogP contribution is -2.22. The third-order valence-corrected chi connectivity index (χ3v) is 7.02. The average Bonchev–Trinajstić information content (AvgIpc) is 3.50. The number of hydrogen-bond acceptors (Lipinski definition) is 5. The first kappa shape index (κ1) is 21.1. The van der Waals surface area contributed by atoms with Crippen LogP contribution in [0.1, 0.15) is 19.8 Å².